The van der Waals surface area contributed by atoms with Gasteiger partial charge in [-0.1, -0.05) is 42.5 Å². The van der Waals surface area contributed by atoms with Crippen LogP contribution >= 0.6 is 0 Å². The first-order valence-electron chi connectivity index (χ1n) is 5.92. The lowest BCUT2D eigenvalue weighted by molar-refractivity contribution is -0.708. The average molecular weight is 228 g/mol. The second kappa shape index (κ2) is 5.51. The number of rotatable bonds is 4. The summed E-state index contributed by atoms with van der Waals surface area (Å²) < 4.78 is 0. The van der Waals surface area contributed by atoms with E-state index in [1.54, 1.807) is 6.07 Å². The molecule has 2 aromatic carbocycles. The Balaban J connectivity index is 1.97. The molecule has 0 unspecified atom stereocenters. The minimum Gasteiger partial charge on any atom is -0.507 e. The SMILES string of the molecule is C[C@@H]([NH2+]Cc1ccccc1O)c1ccccc1. The Morgan fingerprint density at radius 1 is 1.00 bits per heavy atom. The van der Waals surface area contributed by atoms with Crippen molar-refractivity contribution in [3.05, 3.63) is 65.7 Å². The van der Waals surface area contributed by atoms with E-state index in [1.165, 1.54) is 5.56 Å². The predicted octanol–water partition coefficient (Wildman–Crippen LogP) is 2.22. The number of nitrogens with two attached hydrogens (primary N) is 1. The van der Waals surface area contributed by atoms with E-state index in [0.29, 0.717) is 11.8 Å². The number of aromatic hydroxyl groups is 1. The van der Waals surface area contributed by atoms with Gasteiger partial charge in [0.15, 0.2) is 0 Å². The van der Waals surface area contributed by atoms with Crippen molar-refractivity contribution in [1.82, 2.24) is 0 Å². The third-order valence-corrected chi connectivity index (χ3v) is 3.01. The molecule has 0 aliphatic rings. The predicted molar refractivity (Wildman–Crippen MR) is 68.6 cm³/mol. The first kappa shape index (κ1) is 11.7. The highest BCUT2D eigenvalue weighted by Gasteiger charge is 2.09. The molecule has 0 amide bonds. The fourth-order valence-corrected chi connectivity index (χ4v) is 1.88. The summed E-state index contributed by atoms with van der Waals surface area (Å²) in [5.41, 5.74) is 2.29. The number of quaternary nitrogens is 1. The smallest absolute Gasteiger partial charge is 0.124 e. The van der Waals surface area contributed by atoms with Gasteiger partial charge in [0.25, 0.3) is 0 Å². The van der Waals surface area contributed by atoms with Gasteiger partial charge in [0.1, 0.15) is 18.3 Å². The average Bonchev–Trinajstić information content (AvgIpc) is 2.38. The van der Waals surface area contributed by atoms with Crippen molar-refractivity contribution in [3.8, 4) is 5.75 Å². The third-order valence-electron chi connectivity index (χ3n) is 3.01. The minimum atomic E-state index is 0.379. The molecule has 1 atom stereocenters. The quantitative estimate of drug-likeness (QED) is 0.827. The summed E-state index contributed by atoms with van der Waals surface area (Å²) in [4.78, 5) is 0. The summed E-state index contributed by atoms with van der Waals surface area (Å²) in [6, 6.07) is 18.3. The normalized spacial score (nSPS) is 12.3. The molecule has 2 rings (SSSR count). The van der Waals surface area contributed by atoms with E-state index < -0.39 is 0 Å². The highest BCUT2D eigenvalue weighted by atomic mass is 16.3. The molecular formula is C15H18NO+. The van der Waals surface area contributed by atoms with Gasteiger partial charge in [-0.3, -0.25) is 0 Å². The molecule has 0 saturated heterocycles. The number of phenolic OH excluding ortho intramolecular Hbond substituents is 1. The molecule has 0 bridgehead atoms. The molecule has 0 fully saturated rings. The summed E-state index contributed by atoms with van der Waals surface area (Å²) in [6.07, 6.45) is 0. The van der Waals surface area contributed by atoms with Gasteiger partial charge in [-0.25, -0.2) is 0 Å². The number of benzene rings is 2. The highest BCUT2D eigenvalue weighted by Crippen LogP contribution is 2.14. The molecule has 0 spiro atoms. The summed E-state index contributed by atoms with van der Waals surface area (Å²) in [5, 5.41) is 11.9. The third kappa shape index (κ3) is 3.08. The lowest BCUT2D eigenvalue weighted by Crippen LogP contribution is -2.83. The Morgan fingerprint density at radius 3 is 2.35 bits per heavy atom. The topological polar surface area (TPSA) is 36.8 Å². The number of phenols is 1. The number of hydrogen-bond acceptors (Lipinski definition) is 1. The van der Waals surface area contributed by atoms with Crippen LogP contribution in [0.25, 0.3) is 0 Å². The maximum Gasteiger partial charge on any atom is 0.124 e. The molecule has 0 heterocycles. The number of para-hydroxylation sites is 1. The second-order valence-corrected chi connectivity index (χ2v) is 4.27. The Hall–Kier alpha value is -1.80. The first-order valence-corrected chi connectivity index (χ1v) is 5.92. The van der Waals surface area contributed by atoms with E-state index in [2.05, 4.69) is 36.5 Å². The van der Waals surface area contributed by atoms with E-state index in [9.17, 15) is 5.11 Å². The molecule has 0 radical (unpaired) electrons. The summed E-state index contributed by atoms with van der Waals surface area (Å²) in [5.74, 6) is 0.379. The van der Waals surface area contributed by atoms with Crippen LogP contribution in [0.4, 0.5) is 0 Å². The molecule has 17 heavy (non-hydrogen) atoms. The summed E-state index contributed by atoms with van der Waals surface area (Å²) in [7, 11) is 0. The van der Waals surface area contributed by atoms with Crippen LogP contribution in [-0.4, -0.2) is 5.11 Å². The maximum absolute atomic E-state index is 9.67. The molecule has 0 aromatic heterocycles. The van der Waals surface area contributed by atoms with Crippen molar-refractivity contribution >= 4 is 0 Å². The number of hydrogen-bond donors (Lipinski definition) is 2. The van der Waals surface area contributed by atoms with Crippen LogP contribution in [0.2, 0.25) is 0 Å². The maximum atomic E-state index is 9.67. The van der Waals surface area contributed by atoms with Crippen molar-refractivity contribution in [2.24, 2.45) is 0 Å². The lowest BCUT2D eigenvalue weighted by atomic mass is 10.1. The summed E-state index contributed by atoms with van der Waals surface area (Å²) in [6.45, 7) is 2.97. The van der Waals surface area contributed by atoms with E-state index in [1.807, 2.05) is 24.3 Å². The Labute approximate surface area is 102 Å². The van der Waals surface area contributed by atoms with Gasteiger partial charge in [-0.15, -0.1) is 0 Å². The van der Waals surface area contributed by atoms with Crippen molar-refractivity contribution in [3.63, 3.8) is 0 Å². The van der Waals surface area contributed by atoms with Gasteiger partial charge in [-0.2, -0.15) is 0 Å². The van der Waals surface area contributed by atoms with Crippen LogP contribution in [0.1, 0.15) is 24.1 Å². The highest BCUT2D eigenvalue weighted by molar-refractivity contribution is 5.30. The van der Waals surface area contributed by atoms with Crippen LogP contribution in [0, 0.1) is 0 Å². The van der Waals surface area contributed by atoms with Crippen molar-refractivity contribution in [2.45, 2.75) is 19.5 Å². The van der Waals surface area contributed by atoms with Gasteiger partial charge in [0.2, 0.25) is 0 Å². The van der Waals surface area contributed by atoms with Crippen LogP contribution in [0.3, 0.4) is 0 Å². The van der Waals surface area contributed by atoms with Crippen LogP contribution < -0.4 is 5.32 Å². The molecule has 2 aromatic rings. The van der Waals surface area contributed by atoms with Crippen LogP contribution in [-0.2, 0) is 6.54 Å². The van der Waals surface area contributed by atoms with Crippen LogP contribution in [0.15, 0.2) is 54.6 Å². The molecule has 2 nitrogen and oxygen atoms in total. The molecule has 0 aliphatic heterocycles. The van der Waals surface area contributed by atoms with E-state index >= 15 is 0 Å². The van der Waals surface area contributed by atoms with E-state index in [0.717, 1.165) is 12.1 Å². The summed E-state index contributed by atoms with van der Waals surface area (Å²) >= 11 is 0. The zero-order chi connectivity index (χ0) is 12.1. The molecular weight excluding hydrogens is 210 g/mol. The van der Waals surface area contributed by atoms with Gasteiger partial charge >= 0.3 is 0 Å². The molecule has 0 saturated carbocycles. The van der Waals surface area contributed by atoms with Crippen LogP contribution in [0.5, 0.6) is 5.75 Å². The molecule has 3 N–H and O–H groups in total. The Kier molecular flexibility index (Phi) is 3.78. The fraction of sp³-hybridized carbons (Fsp3) is 0.200. The van der Waals surface area contributed by atoms with E-state index in [-0.39, 0.29) is 0 Å². The minimum absolute atomic E-state index is 0.379. The van der Waals surface area contributed by atoms with Gasteiger partial charge in [0, 0.05) is 11.1 Å². The second-order valence-electron chi connectivity index (χ2n) is 4.27. The molecule has 2 heteroatoms. The molecule has 88 valence electrons. The van der Waals surface area contributed by atoms with Gasteiger partial charge < -0.3 is 10.4 Å². The monoisotopic (exact) mass is 228 g/mol. The Bertz CT molecular complexity index is 467. The zero-order valence-corrected chi connectivity index (χ0v) is 10.0. The first-order chi connectivity index (χ1) is 8.27. The molecule has 0 aliphatic carbocycles. The van der Waals surface area contributed by atoms with Crippen molar-refractivity contribution < 1.29 is 10.4 Å². The fourth-order valence-electron chi connectivity index (χ4n) is 1.88. The van der Waals surface area contributed by atoms with Gasteiger partial charge in [-0.05, 0) is 19.1 Å². The zero-order valence-electron chi connectivity index (χ0n) is 10.0. The van der Waals surface area contributed by atoms with Gasteiger partial charge in [0.05, 0.1) is 0 Å². The lowest BCUT2D eigenvalue weighted by Gasteiger charge is -2.11. The standard InChI is InChI=1S/C15H17NO/c1-12(13-7-3-2-4-8-13)16-11-14-9-5-6-10-15(14)17/h2-10,12,16-17H,11H2,1H3/p+1/t12-/m1/s1. The Morgan fingerprint density at radius 2 is 1.65 bits per heavy atom. The largest absolute Gasteiger partial charge is 0.507 e. The van der Waals surface area contributed by atoms with E-state index in [4.69, 9.17) is 0 Å². The van der Waals surface area contributed by atoms with Crippen molar-refractivity contribution in [2.75, 3.05) is 0 Å². The van der Waals surface area contributed by atoms with Crippen molar-refractivity contribution in [1.29, 1.82) is 0 Å².